The first kappa shape index (κ1) is 24.5. The standard InChI is InChI=1S/C29H18F6O2/c1-36-14-9-22(32)19(23(33)10-14)13-18-16-5-3-4-6-17(16)27(29-21(31)8-7-20(30)26(18)29)28-24(34)11-15(37-2)12-25(28)35/h3-12H,13H2,1-2H3. The summed E-state index contributed by atoms with van der Waals surface area (Å²) in [5.74, 6) is -6.00. The van der Waals surface area contributed by atoms with Crippen molar-refractivity contribution in [2.24, 2.45) is 0 Å². The fraction of sp³-hybridized carbons (Fsp3) is 0.103. The van der Waals surface area contributed by atoms with Crippen molar-refractivity contribution >= 4 is 21.5 Å². The molecule has 0 aliphatic rings. The summed E-state index contributed by atoms with van der Waals surface area (Å²) >= 11 is 0. The van der Waals surface area contributed by atoms with Crippen LogP contribution in [-0.2, 0) is 6.42 Å². The predicted molar refractivity (Wildman–Crippen MR) is 129 cm³/mol. The number of hydrogen-bond acceptors (Lipinski definition) is 2. The molecule has 0 radical (unpaired) electrons. The van der Waals surface area contributed by atoms with Crippen LogP contribution in [0.4, 0.5) is 26.3 Å². The van der Waals surface area contributed by atoms with Gasteiger partial charge in [-0.3, -0.25) is 0 Å². The molecule has 37 heavy (non-hydrogen) atoms. The lowest BCUT2D eigenvalue weighted by Gasteiger charge is -2.20. The van der Waals surface area contributed by atoms with Crippen LogP contribution in [0, 0.1) is 34.9 Å². The van der Waals surface area contributed by atoms with E-state index in [1.165, 1.54) is 26.4 Å². The number of methoxy groups -OCH3 is 2. The first-order chi connectivity index (χ1) is 17.7. The van der Waals surface area contributed by atoms with Crippen molar-refractivity contribution in [2.75, 3.05) is 14.2 Å². The van der Waals surface area contributed by atoms with Crippen molar-refractivity contribution < 1.29 is 35.8 Å². The Kier molecular flexibility index (Phi) is 6.19. The van der Waals surface area contributed by atoms with E-state index in [0.717, 1.165) is 36.4 Å². The summed E-state index contributed by atoms with van der Waals surface area (Å²) in [6, 6.07) is 11.7. The molecule has 0 saturated carbocycles. The van der Waals surface area contributed by atoms with E-state index in [2.05, 4.69) is 0 Å². The number of benzene rings is 5. The number of ether oxygens (including phenoxy) is 2. The molecule has 0 fully saturated rings. The molecular weight excluding hydrogens is 494 g/mol. The number of rotatable bonds is 5. The van der Waals surface area contributed by atoms with Gasteiger partial charge in [0.1, 0.15) is 46.4 Å². The summed E-state index contributed by atoms with van der Waals surface area (Å²) in [6.07, 6.45) is -0.465. The summed E-state index contributed by atoms with van der Waals surface area (Å²) in [6.45, 7) is 0. The van der Waals surface area contributed by atoms with Gasteiger partial charge in [-0.05, 0) is 28.5 Å². The zero-order valence-corrected chi connectivity index (χ0v) is 19.6. The molecule has 5 rings (SSSR count). The van der Waals surface area contributed by atoms with Crippen molar-refractivity contribution in [1.82, 2.24) is 0 Å². The average molecular weight is 512 g/mol. The number of halogens is 6. The molecule has 0 saturated heterocycles. The van der Waals surface area contributed by atoms with Gasteiger partial charge in [-0.2, -0.15) is 0 Å². The Labute approximate surface area is 207 Å². The van der Waals surface area contributed by atoms with Gasteiger partial charge in [0.2, 0.25) is 0 Å². The zero-order valence-electron chi connectivity index (χ0n) is 19.6. The van der Waals surface area contributed by atoms with Crippen LogP contribution in [-0.4, -0.2) is 14.2 Å². The molecule has 2 nitrogen and oxygen atoms in total. The molecular formula is C29H18F6O2. The van der Waals surface area contributed by atoms with Crippen LogP contribution in [0.15, 0.2) is 60.7 Å². The Hall–Kier alpha value is -4.20. The second-order valence-electron chi connectivity index (χ2n) is 8.39. The van der Waals surface area contributed by atoms with Crippen LogP contribution in [0.2, 0.25) is 0 Å². The zero-order chi connectivity index (χ0) is 26.4. The van der Waals surface area contributed by atoms with E-state index >= 15 is 17.6 Å². The highest BCUT2D eigenvalue weighted by atomic mass is 19.2. The largest absolute Gasteiger partial charge is 0.497 e. The Bertz CT molecular complexity index is 1650. The molecule has 5 aromatic rings. The second kappa shape index (κ2) is 9.35. The minimum Gasteiger partial charge on any atom is -0.497 e. The Morgan fingerprint density at radius 1 is 0.514 bits per heavy atom. The summed E-state index contributed by atoms with van der Waals surface area (Å²) in [5, 5.41) is -0.325. The van der Waals surface area contributed by atoms with Gasteiger partial charge in [0.05, 0.1) is 19.8 Å². The first-order valence-corrected chi connectivity index (χ1v) is 11.1. The highest BCUT2D eigenvalue weighted by Gasteiger charge is 2.26. The maximum absolute atomic E-state index is 15.4. The van der Waals surface area contributed by atoms with Crippen molar-refractivity contribution in [1.29, 1.82) is 0 Å². The van der Waals surface area contributed by atoms with Gasteiger partial charge in [0, 0.05) is 52.6 Å². The third-order valence-corrected chi connectivity index (χ3v) is 6.38. The van der Waals surface area contributed by atoms with Gasteiger partial charge in [-0.25, -0.2) is 26.3 Å². The lowest BCUT2D eigenvalue weighted by molar-refractivity contribution is 0.405. The minimum absolute atomic E-state index is 0.0495. The fourth-order valence-corrected chi connectivity index (χ4v) is 4.72. The topological polar surface area (TPSA) is 18.5 Å². The third-order valence-electron chi connectivity index (χ3n) is 6.38. The quantitative estimate of drug-likeness (QED) is 0.175. The maximum Gasteiger partial charge on any atom is 0.137 e. The summed E-state index contributed by atoms with van der Waals surface area (Å²) in [4.78, 5) is 0. The smallest absolute Gasteiger partial charge is 0.137 e. The summed E-state index contributed by atoms with van der Waals surface area (Å²) < 4.78 is 101. The molecule has 0 aliphatic heterocycles. The Morgan fingerprint density at radius 3 is 1.54 bits per heavy atom. The van der Waals surface area contributed by atoms with Crippen molar-refractivity contribution in [3.63, 3.8) is 0 Å². The minimum atomic E-state index is -1.05. The summed E-state index contributed by atoms with van der Waals surface area (Å²) in [7, 11) is 2.49. The van der Waals surface area contributed by atoms with Crippen molar-refractivity contribution in [3.8, 4) is 22.6 Å². The third kappa shape index (κ3) is 4.02. The van der Waals surface area contributed by atoms with E-state index in [0.29, 0.717) is 0 Å². The monoisotopic (exact) mass is 512 g/mol. The van der Waals surface area contributed by atoms with E-state index < -0.39 is 57.8 Å². The van der Waals surface area contributed by atoms with E-state index in [-0.39, 0.29) is 38.8 Å². The molecule has 0 aromatic heterocycles. The van der Waals surface area contributed by atoms with Crippen molar-refractivity contribution in [3.05, 3.63) is 107 Å². The number of hydrogen-bond donors (Lipinski definition) is 0. The van der Waals surface area contributed by atoms with E-state index in [4.69, 9.17) is 9.47 Å². The molecule has 5 aromatic carbocycles. The highest BCUT2D eigenvalue weighted by molar-refractivity contribution is 6.15. The average Bonchev–Trinajstić information content (AvgIpc) is 2.88. The molecule has 0 amide bonds. The first-order valence-electron chi connectivity index (χ1n) is 11.1. The molecule has 0 aliphatic carbocycles. The SMILES string of the molecule is COc1cc(F)c(Cc2c3ccccc3c(-c3c(F)cc(OC)cc3F)c3c(F)ccc(F)c23)c(F)c1. The second-order valence-corrected chi connectivity index (χ2v) is 8.39. The van der Waals surface area contributed by atoms with Gasteiger partial charge in [0.25, 0.3) is 0 Å². The van der Waals surface area contributed by atoms with Gasteiger partial charge in [-0.1, -0.05) is 24.3 Å². The normalized spacial score (nSPS) is 11.4. The maximum atomic E-state index is 15.4. The molecule has 0 bridgehead atoms. The summed E-state index contributed by atoms with van der Waals surface area (Å²) in [5.41, 5.74) is -1.14. The Balaban J connectivity index is 1.93. The van der Waals surface area contributed by atoms with Crippen LogP contribution in [0.5, 0.6) is 11.5 Å². The van der Waals surface area contributed by atoms with Crippen LogP contribution in [0.1, 0.15) is 11.1 Å². The molecule has 0 unspecified atom stereocenters. The molecule has 0 N–H and O–H groups in total. The number of fused-ring (bicyclic) bond motifs is 2. The molecule has 0 spiro atoms. The van der Waals surface area contributed by atoms with Crippen molar-refractivity contribution in [2.45, 2.75) is 6.42 Å². The van der Waals surface area contributed by atoms with E-state index in [9.17, 15) is 8.78 Å². The van der Waals surface area contributed by atoms with Crippen LogP contribution >= 0.6 is 0 Å². The molecule has 188 valence electrons. The molecule has 0 atom stereocenters. The lowest BCUT2D eigenvalue weighted by Crippen LogP contribution is -2.04. The van der Waals surface area contributed by atoms with Crippen LogP contribution in [0.3, 0.4) is 0 Å². The van der Waals surface area contributed by atoms with Gasteiger partial charge < -0.3 is 9.47 Å². The van der Waals surface area contributed by atoms with Gasteiger partial charge in [0.15, 0.2) is 0 Å². The van der Waals surface area contributed by atoms with Gasteiger partial charge in [-0.15, -0.1) is 0 Å². The lowest BCUT2D eigenvalue weighted by atomic mass is 9.85. The molecule has 0 heterocycles. The van der Waals surface area contributed by atoms with Gasteiger partial charge >= 0.3 is 0 Å². The van der Waals surface area contributed by atoms with Crippen LogP contribution in [0.25, 0.3) is 32.7 Å². The van der Waals surface area contributed by atoms with Crippen LogP contribution < -0.4 is 9.47 Å². The van der Waals surface area contributed by atoms with E-state index in [1.807, 2.05) is 0 Å². The fourth-order valence-electron chi connectivity index (χ4n) is 4.72. The van der Waals surface area contributed by atoms with E-state index in [1.54, 1.807) is 12.1 Å². The Morgan fingerprint density at radius 2 is 1.00 bits per heavy atom. The highest BCUT2D eigenvalue weighted by Crippen LogP contribution is 2.44. The molecule has 8 heteroatoms. The predicted octanol–water partition coefficient (Wildman–Crippen LogP) is 8.10.